The van der Waals surface area contributed by atoms with E-state index in [2.05, 4.69) is 56.1 Å². The quantitative estimate of drug-likeness (QED) is 0.254. The molecule has 3 heterocycles. The first kappa shape index (κ1) is 28.1. The third-order valence-corrected chi connectivity index (χ3v) is 7.03. The van der Waals surface area contributed by atoms with Crippen molar-refractivity contribution in [2.24, 2.45) is 0 Å². The van der Waals surface area contributed by atoms with Gasteiger partial charge in [-0.05, 0) is 83.8 Å². The van der Waals surface area contributed by atoms with Crippen LogP contribution in [0.1, 0.15) is 16.7 Å². The lowest BCUT2D eigenvalue weighted by Gasteiger charge is -2.35. The molecule has 8 heteroatoms. The summed E-state index contributed by atoms with van der Waals surface area (Å²) in [5.41, 5.74) is 6.44. The number of nitrogens with zero attached hydrogens (tertiary/aromatic N) is 4. The number of urea groups is 1. The van der Waals surface area contributed by atoms with Gasteiger partial charge in [-0.15, -0.1) is 0 Å². The zero-order valence-corrected chi connectivity index (χ0v) is 23.3. The number of rotatable bonds is 7. The molecule has 42 heavy (non-hydrogen) atoms. The van der Waals surface area contributed by atoms with Crippen LogP contribution in [-0.2, 0) is 11.2 Å². The van der Waals surface area contributed by atoms with Crippen molar-refractivity contribution in [2.75, 3.05) is 42.9 Å². The van der Waals surface area contributed by atoms with Gasteiger partial charge in [0.1, 0.15) is 0 Å². The number of anilines is 2. The van der Waals surface area contributed by atoms with E-state index >= 15 is 0 Å². The maximum absolute atomic E-state index is 12.6. The maximum atomic E-state index is 12.6. The average Bonchev–Trinajstić information content (AvgIpc) is 3.05. The molecule has 2 N–H and O–H groups in total. The van der Waals surface area contributed by atoms with Crippen molar-refractivity contribution in [1.29, 1.82) is 0 Å². The molecule has 2 aromatic carbocycles. The summed E-state index contributed by atoms with van der Waals surface area (Å²) in [4.78, 5) is 36.8. The van der Waals surface area contributed by atoms with Gasteiger partial charge in [-0.1, -0.05) is 30.6 Å². The fraction of sp³-hybridized carbons (Fsp3) is 0.176. The lowest BCUT2D eigenvalue weighted by Crippen LogP contribution is -2.48. The van der Waals surface area contributed by atoms with Crippen LogP contribution in [0.5, 0.6) is 0 Å². The molecule has 4 aromatic rings. The Morgan fingerprint density at radius 3 is 2.40 bits per heavy atom. The highest BCUT2D eigenvalue weighted by molar-refractivity contribution is 5.90. The Hall–Kier alpha value is -5.42. The van der Waals surface area contributed by atoms with Gasteiger partial charge in [-0.3, -0.25) is 14.8 Å². The first-order valence-electron chi connectivity index (χ1n) is 13.9. The average molecular weight is 557 g/mol. The Kier molecular flexibility index (Phi) is 9.22. The molecule has 1 aliphatic heterocycles. The van der Waals surface area contributed by atoms with Crippen molar-refractivity contribution < 1.29 is 9.59 Å². The summed E-state index contributed by atoms with van der Waals surface area (Å²) >= 11 is 0. The van der Waals surface area contributed by atoms with E-state index in [9.17, 15) is 9.59 Å². The Morgan fingerprint density at radius 2 is 1.69 bits per heavy atom. The summed E-state index contributed by atoms with van der Waals surface area (Å²) in [7, 11) is 0. The molecular weight excluding hydrogens is 524 g/mol. The van der Waals surface area contributed by atoms with Crippen LogP contribution in [0.4, 0.5) is 16.2 Å². The largest absolute Gasteiger partial charge is 0.368 e. The Labute approximate surface area is 246 Å². The summed E-state index contributed by atoms with van der Waals surface area (Å²) in [5.74, 6) is 6.57. The second-order valence-corrected chi connectivity index (χ2v) is 9.80. The molecule has 5 rings (SSSR count). The van der Waals surface area contributed by atoms with E-state index < -0.39 is 0 Å². The minimum absolute atomic E-state index is 0.0212. The normalized spacial score (nSPS) is 12.6. The smallest absolute Gasteiger partial charge is 0.319 e. The van der Waals surface area contributed by atoms with Crippen molar-refractivity contribution >= 4 is 23.3 Å². The number of aromatic nitrogens is 2. The van der Waals surface area contributed by atoms with Crippen LogP contribution in [0, 0.1) is 11.8 Å². The van der Waals surface area contributed by atoms with Gasteiger partial charge in [0.05, 0.1) is 0 Å². The molecule has 1 aliphatic rings. The molecule has 2 aromatic heterocycles. The fourth-order valence-electron chi connectivity index (χ4n) is 4.76. The van der Waals surface area contributed by atoms with Crippen LogP contribution in [-0.4, -0.2) is 59.5 Å². The number of piperazine rings is 1. The van der Waals surface area contributed by atoms with Gasteiger partial charge in [-0.2, -0.15) is 0 Å². The molecule has 3 amide bonds. The predicted octanol–water partition coefficient (Wildman–Crippen LogP) is 4.74. The topological polar surface area (TPSA) is 90.5 Å². The number of amides is 3. The third kappa shape index (κ3) is 7.40. The summed E-state index contributed by atoms with van der Waals surface area (Å²) in [6, 6.07) is 21.3. The van der Waals surface area contributed by atoms with Gasteiger partial charge in [0.2, 0.25) is 5.91 Å². The minimum atomic E-state index is -0.278. The van der Waals surface area contributed by atoms with Gasteiger partial charge in [-0.25, -0.2) is 4.79 Å². The molecule has 0 unspecified atom stereocenters. The summed E-state index contributed by atoms with van der Waals surface area (Å²) < 4.78 is 0. The van der Waals surface area contributed by atoms with E-state index in [1.807, 2.05) is 59.5 Å². The SMILES string of the molecule is C=CC(=O)N1CCN(c2ccc(C#Cc3cc(NC(=O)NCCc4cccnc4)ccc3-c3ccncc3)cc2)CC1. The molecule has 0 saturated carbocycles. The lowest BCUT2D eigenvalue weighted by atomic mass is 10.00. The van der Waals surface area contributed by atoms with Crippen LogP contribution in [0.2, 0.25) is 0 Å². The molecule has 210 valence electrons. The fourth-order valence-corrected chi connectivity index (χ4v) is 4.76. The summed E-state index contributed by atoms with van der Waals surface area (Å²) in [6.45, 7) is 6.98. The monoisotopic (exact) mass is 556 g/mol. The highest BCUT2D eigenvalue weighted by Crippen LogP contribution is 2.26. The van der Waals surface area contributed by atoms with E-state index in [1.165, 1.54) is 6.08 Å². The molecule has 0 bridgehead atoms. The number of hydrogen-bond acceptors (Lipinski definition) is 5. The van der Waals surface area contributed by atoms with Gasteiger partial charge in [0.25, 0.3) is 0 Å². The first-order valence-corrected chi connectivity index (χ1v) is 13.9. The van der Waals surface area contributed by atoms with E-state index in [0.29, 0.717) is 31.7 Å². The second-order valence-electron chi connectivity index (χ2n) is 9.80. The van der Waals surface area contributed by atoms with E-state index in [-0.39, 0.29) is 11.9 Å². The van der Waals surface area contributed by atoms with Crippen LogP contribution in [0.3, 0.4) is 0 Å². The van der Waals surface area contributed by atoms with E-state index in [1.54, 1.807) is 24.8 Å². The zero-order valence-electron chi connectivity index (χ0n) is 23.3. The maximum Gasteiger partial charge on any atom is 0.319 e. The molecule has 0 aliphatic carbocycles. The first-order chi connectivity index (χ1) is 20.6. The highest BCUT2D eigenvalue weighted by atomic mass is 16.2. The van der Waals surface area contributed by atoms with Gasteiger partial charge in [0.15, 0.2) is 0 Å². The Balaban J connectivity index is 1.28. The van der Waals surface area contributed by atoms with Crippen molar-refractivity contribution in [3.05, 3.63) is 121 Å². The molecule has 1 fully saturated rings. The van der Waals surface area contributed by atoms with Gasteiger partial charge >= 0.3 is 6.03 Å². The minimum Gasteiger partial charge on any atom is -0.368 e. The molecule has 0 radical (unpaired) electrons. The number of benzene rings is 2. The van der Waals surface area contributed by atoms with Gasteiger partial charge in [0, 0.05) is 80.0 Å². The van der Waals surface area contributed by atoms with Crippen LogP contribution in [0.25, 0.3) is 11.1 Å². The van der Waals surface area contributed by atoms with Crippen molar-refractivity contribution in [3.8, 4) is 23.0 Å². The molecule has 1 saturated heterocycles. The number of carbonyl (C=O) groups is 2. The second kappa shape index (κ2) is 13.8. The van der Waals surface area contributed by atoms with Gasteiger partial charge < -0.3 is 20.4 Å². The molecule has 0 atom stereocenters. The van der Waals surface area contributed by atoms with Crippen LogP contribution in [0.15, 0.2) is 104 Å². The Bertz CT molecular complexity index is 1590. The standard InChI is InChI=1S/C34H32N6O2/c1-2-33(41)40-22-20-39(21-23-40)31-10-6-26(7-11-31)5-8-29-24-30(9-12-32(29)28-14-17-35-18-15-28)38-34(42)37-19-13-27-4-3-16-36-25-27/h2-4,6-7,9-12,14-18,24-25H,1,13,19-23H2,(H2,37,38,42). The zero-order chi connectivity index (χ0) is 29.1. The highest BCUT2D eigenvalue weighted by Gasteiger charge is 2.19. The number of nitrogens with one attached hydrogen (secondary N) is 2. The third-order valence-electron chi connectivity index (χ3n) is 7.03. The molecule has 0 spiro atoms. The van der Waals surface area contributed by atoms with Crippen molar-refractivity contribution in [2.45, 2.75) is 6.42 Å². The van der Waals surface area contributed by atoms with Crippen molar-refractivity contribution in [1.82, 2.24) is 20.2 Å². The van der Waals surface area contributed by atoms with Crippen LogP contribution >= 0.6 is 0 Å². The van der Waals surface area contributed by atoms with Crippen LogP contribution < -0.4 is 15.5 Å². The van der Waals surface area contributed by atoms with E-state index in [0.717, 1.165) is 46.6 Å². The van der Waals surface area contributed by atoms with Crippen molar-refractivity contribution in [3.63, 3.8) is 0 Å². The number of pyridine rings is 2. The molecular formula is C34H32N6O2. The lowest BCUT2D eigenvalue weighted by molar-refractivity contribution is -0.126. The number of carbonyl (C=O) groups excluding carboxylic acids is 2. The van der Waals surface area contributed by atoms with E-state index in [4.69, 9.17) is 0 Å². The molecule has 8 nitrogen and oxygen atoms in total. The number of hydrogen-bond donors (Lipinski definition) is 2. The Morgan fingerprint density at radius 1 is 0.905 bits per heavy atom. The predicted molar refractivity (Wildman–Crippen MR) is 166 cm³/mol. The summed E-state index contributed by atoms with van der Waals surface area (Å²) in [6.07, 6.45) is 9.09. The summed E-state index contributed by atoms with van der Waals surface area (Å²) in [5, 5.41) is 5.82.